The van der Waals surface area contributed by atoms with Crippen molar-refractivity contribution >= 4 is 43.6 Å². The molecule has 11 aromatic rings. The molecule has 0 saturated carbocycles. The third-order valence-corrected chi connectivity index (χ3v) is 11.2. The molecule has 58 heavy (non-hydrogen) atoms. The molecule has 0 aliphatic heterocycles. The van der Waals surface area contributed by atoms with Crippen LogP contribution in [0.15, 0.2) is 200 Å². The van der Waals surface area contributed by atoms with E-state index in [1.165, 1.54) is 43.6 Å². The lowest BCUT2D eigenvalue weighted by molar-refractivity contribution is 1.17. The van der Waals surface area contributed by atoms with Crippen molar-refractivity contribution in [3.05, 3.63) is 206 Å². The second-order valence-electron chi connectivity index (χ2n) is 14.5. The van der Waals surface area contributed by atoms with E-state index in [1.807, 2.05) is 54.6 Å². The summed E-state index contributed by atoms with van der Waals surface area (Å²) < 4.78 is 4.75. The van der Waals surface area contributed by atoms with E-state index in [-0.39, 0.29) is 0 Å². The van der Waals surface area contributed by atoms with Crippen LogP contribution in [0.25, 0.3) is 100 Å². The molecule has 0 saturated heterocycles. The van der Waals surface area contributed by atoms with Crippen LogP contribution in [0.3, 0.4) is 0 Å². The van der Waals surface area contributed by atoms with Crippen molar-refractivity contribution in [3.8, 4) is 62.5 Å². The molecule has 0 amide bonds. The second-order valence-corrected chi connectivity index (χ2v) is 14.5. The van der Waals surface area contributed by atoms with Crippen molar-refractivity contribution < 1.29 is 0 Å². The van der Waals surface area contributed by atoms with Gasteiger partial charge in [0.2, 0.25) is 0 Å². The zero-order valence-corrected chi connectivity index (χ0v) is 31.3. The van der Waals surface area contributed by atoms with E-state index < -0.39 is 0 Å². The Balaban J connectivity index is 0.955. The molecule has 0 bridgehead atoms. The fourth-order valence-electron chi connectivity index (χ4n) is 8.46. The van der Waals surface area contributed by atoms with Crippen LogP contribution in [0.1, 0.15) is 5.56 Å². The van der Waals surface area contributed by atoms with Gasteiger partial charge in [-0.1, -0.05) is 133 Å². The quantitative estimate of drug-likeness (QED) is 0.171. The number of nitrogens with zero attached hydrogens (tertiary/aromatic N) is 5. The summed E-state index contributed by atoms with van der Waals surface area (Å²) >= 11 is 0. The standard InChI is InChI=1S/C53H33N5/c54-34-39-14-4-5-15-42(39)53-55-47(37-12-2-1-3-13-37)33-48(56-53)38-24-22-35(23-25-38)36-26-28-40(29-27-36)57-51-21-11-8-18-45(51)46-32-41(30-31-52(46)57)58-49-19-9-6-16-43(49)44-17-7-10-20-50(44)58/h1-33H. The summed E-state index contributed by atoms with van der Waals surface area (Å²) in [6, 6.07) is 72.1. The summed E-state index contributed by atoms with van der Waals surface area (Å²) in [6.07, 6.45) is 0. The van der Waals surface area contributed by atoms with E-state index >= 15 is 0 Å². The fourth-order valence-corrected chi connectivity index (χ4v) is 8.46. The maximum absolute atomic E-state index is 9.85. The molecule has 0 aliphatic rings. The van der Waals surface area contributed by atoms with Gasteiger partial charge in [0.1, 0.15) is 0 Å². The molecule has 0 fully saturated rings. The first kappa shape index (κ1) is 33.3. The van der Waals surface area contributed by atoms with Crippen LogP contribution in [0.4, 0.5) is 0 Å². The lowest BCUT2D eigenvalue weighted by atomic mass is 10.0. The minimum atomic E-state index is 0.529. The van der Waals surface area contributed by atoms with Gasteiger partial charge in [-0.15, -0.1) is 0 Å². The Morgan fingerprint density at radius 2 is 0.810 bits per heavy atom. The highest BCUT2D eigenvalue weighted by atomic mass is 15.0. The van der Waals surface area contributed by atoms with Gasteiger partial charge in [0.05, 0.1) is 45.1 Å². The predicted octanol–water partition coefficient (Wildman–Crippen LogP) is 13.2. The summed E-state index contributed by atoms with van der Waals surface area (Å²) in [5.41, 5.74) is 14.1. The van der Waals surface area contributed by atoms with Crippen molar-refractivity contribution in [3.63, 3.8) is 0 Å². The van der Waals surface area contributed by atoms with E-state index in [1.54, 1.807) is 6.07 Å². The number of rotatable bonds is 6. The third-order valence-electron chi connectivity index (χ3n) is 11.2. The molecular formula is C53H33N5. The van der Waals surface area contributed by atoms with Crippen LogP contribution >= 0.6 is 0 Å². The Kier molecular flexibility index (Phi) is 7.80. The van der Waals surface area contributed by atoms with Gasteiger partial charge in [0.15, 0.2) is 5.82 Å². The van der Waals surface area contributed by atoms with E-state index in [4.69, 9.17) is 9.97 Å². The Morgan fingerprint density at radius 3 is 1.43 bits per heavy atom. The van der Waals surface area contributed by atoms with Gasteiger partial charge in [-0.3, -0.25) is 0 Å². The highest BCUT2D eigenvalue weighted by molar-refractivity contribution is 6.12. The van der Waals surface area contributed by atoms with Crippen molar-refractivity contribution in [1.82, 2.24) is 19.1 Å². The van der Waals surface area contributed by atoms with Crippen molar-refractivity contribution in [1.29, 1.82) is 5.26 Å². The van der Waals surface area contributed by atoms with Gasteiger partial charge in [0, 0.05) is 49.6 Å². The van der Waals surface area contributed by atoms with Gasteiger partial charge in [-0.25, -0.2) is 9.97 Å². The van der Waals surface area contributed by atoms with Crippen LogP contribution < -0.4 is 0 Å². The number of hydrogen-bond acceptors (Lipinski definition) is 3. The summed E-state index contributed by atoms with van der Waals surface area (Å²) in [7, 11) is 0. The van der Waals surface area contributed by atoms with E-state index in [0.717, 1.165) is 45.0 Å². The second kappa shape index (κ2) is 13.6. The zero-order chi connectivity index (χ0) is 38.6. The minimum Gasteiger partial charge on any atom is -0.309 e. The fraction of sp³-hybridized carbons (Fsp3) is 0. The normalized spacial score (nSPS) is 11.4. The van der Waals surface area contributed by atoms with Crippen molar-refractivity contribution in [2.75, 3.05) is 0 Å². The number of nitriles is 1. The molecular weight excluding hydrogens is 707 g/mol. The van der Waals surface area contributed by atoms with Gasteiger partial charge in [-0.2, -0.15) is 5.26 Å². The molecule has 0 atom stereocenters. The molecule has 8 aromatic carbocycles. The smallest absolute Gasteiger partial charge is 0.161 e. The van der Waals surface area contributed by atoms with Gasteiger partial charge in [-0.05, 0) is 77.9 Å². The maximum Gasteiger partial charge on any atom is 0.161 e. The highest BCUT2D eigenvalue weighted by Crippen LogP contribution is 2.37. The SMILES string of the molecule is N#Cc1ccccc1-c1nc(-c2ccccc2)cc(-c2ccc(-c3ccc(-n4c5ccccc5c5cc(-n6c7ccccc7c7ccccc76)ccc54)cc3)cc2)n1. The Morgan fingerprint density at radius 1 is 0.362 bits per heavy atom. The van der Waals surface area contributed by atoms with E-state index in [2.05, 4.69) is 155 Å². The highest BCUT2D eigenvalue weighted by Gasteiger charge is 2.17. The molecule has 3 heterocycles. The van der Waals surface area contributed by atoms with E-state index in [9.17, 15) is 5.26 Å². The summed E-state index contributed by atoms with van der Waals surface area (Å²) in [6.45, 7) is 0. The number of para-hydroxylation sites is 3. The number of fused-ring (bicyclic) bond motifs is 6. The Hall–Kier alpha value is -8.07. The topological polar surface area (TPSA) is 59.4 Å². The van der Waals surface area contributed by atoms with Gasteiger partial charge < -0.3 is 9.13 Å². The van der Waals surface area contributed by atoms with Gasteiger partial charge in [0.25, 0.3) is 0 Å². The summed E-state index contributed by atoms with van der Waals surface area (Å²) in [5, 5.41) is 14.8. The molecule has 0 aliphatic carbocycles. The summed E-state index contributed by atoms with van der Waals surface area (Å²) in [5.74, 6) is 0.529. The lowest BCUT2D eigenvalue weighted by Crippen LogP contribution is -1.97. The third kappa shape index (κ3) is 5.47. The number of benzene rings is 8. The van der Waals surface area contributed by atoms with Crippen LogP contribution in [0, 0.1) is 11.3 Å². The Labute approximate surface area is 335 Å². The van der Waals surface area contributed by atoms with Crippen LogP contribution in [0.5, 0.6) is 0 Å². The molecule has 0 N–H and O–H groups in total. The molecule has 3 aromatic heterocycles. The van der Waals surface area contributed by atoms with Crippen LogP contribution in [-0.4, -0.2) is 19.1 Å². The van der Waals surface area contributed by atoms with Crippen molar-refractivity contribution in [2.45, 2.75) is 0 Å². The average molecular weight is 740 g/mol. The zero-order valence-electron chi connectivity index (χ0n) is 31.3. The monoisotopic (exact) mass is 739 g/mol. The first-order valence-corrected chi connectivity index (χ1v) is 19.4. The van der Waals surface area contributed by atoms with Crippen LogP contribution in [-0.2, 0) is 0 Å². The first-order chi connectivity index (χ1) is 28.7. The molecule has 0 unspecified atom stereocenters. The largest absolute Gasteiger partial charge is 0.309 e. The first-order valence-electron chi connectivity index (χ1n) is 19.4. The average Bonchev–Trinajstić information content (AvgIpc) is 3.82. The molecule has 5 nitrogen and oxygen atoms in total. The number of hydrogen-bond donors (Lipinski definition) is 0. The molecule has 5 heteroatoms. The Bertz CT molecular complexity index is 3330. The molecule has 0 spiro atoms. The number of aromatic nitrogens is 4. The summed E-state index contributed by atoms with van der Waals surface area (Å²) in [4.78, 5) is 9.89. The van der Waals surface area contributed by atoms with E-state index in [0.29, 0.717) is 17.0 Å². The molecule has 11 rings (SSSR count). The maximum atomic E-state index is 9.85. The lowest BCUT2D eigenvalue weighted by Gasteiger charge is -2.12. The predicted molar refractivity (Wildman–Crippen MR) is 237 cm³/mol. The molecule has 270 valence electrons. The van der Waals surface area contributed by atoms with Crippen LogP contribution in [0.2, 0.25) is 0 Å². The van der Waals surface area contributed by atoms with Gasteiger partial charge >= 0.3 is 0 Å². The molecule has 0 radical (unpaired) electrons. The minimum absolute atomic E-state index is 0.529. The van der Waals surface area contributed by atoms with Crippen molar-refractivity contribution in [2.24, 2.45) is 0 Å².